The van der Waals surface area contributed by atoms with E-state index in [1.807, 2.05) is 26.1 Å². The molecule has 144 valence electrons. The Labute approximate surface area is 160 Å². The van der Waals surface area contributed by atoms with E-state index >= 15 is 0 Å². The number of carbonyl (C=O) groups excluding carboxylic acids is 1. The fraction of sp³-hybridized carbons (Fsp3) is 0.429. The highest BCUT2D eigenvalue weighted by Crippen LogP contribution is 2.15. The van der Waals surface area contributed by atoms with Gasteiger partial charge in [0, 0.05) is 45.1 Å². The van der Waals surface area contributed by atoms with Crippen molar-refractivity contribution in [2.75, 3.05) is 26.2 Å². The minimum absolute atomic E-state index is 0.00698. The van der Waals surface area contributed by atoms with Gasteiger partial charge in [0.05, 0.1) is 12.1 Å². The van der Waals surface area contributed by atoms with E-state index < -0.39 is 0 Å². The van der Waals surface area contributed by atoms with Gasteiger partial charge in [0.25, 0.3) is 0 Å². The van der Waals surface area contributed by atoms with E-state index in [0.29, 0.717) is 0 Å². The van der Waals surface area contributed by atoms with Crippen LogP contribution in [0.4, 0.5) is 4.39 Å². The third-order valence-corrected chi connectivity index (χ3v) is 5.19. The summed E-state index contributed by atoms with van der Waals surface area (Å²) >= 11 is 0. The number of rotatable bonds is 6. The van der Waals surface area contributed by atoms with Gasteiger partial charge in [-0.3, -0.25) is 19.6 Å². The van der Waals surface area contributed by atoms with E-state index in [0.717, 1.165) is 38.3 Å². The Kier molecular flexibility index (Phi) is 6.53. The van der Waals surface area contributed by atoms with Gasteiger partial charge < -0.3 is 5.32 Å². The summed E-state index contributed by atoms with van der Waals surface area (Å²) in [6, 6.07) is 9.98. The number of amides is 1. The molecule has 0 saturated carbocycles. The zero-order valence-corrected chi connectivity index (χ0v) is 15.9. The molecule has 0 unspecified atom stereocenters. The fourth-order valence-electron chi connectivity index (χ4n) is 3.39. The smallest absolute Gasteiger partial charge is 0.237 e. The first kappa shape index (κ1) is 19.5. The third-order valence-electron chi connectivity index (χ3n) is 5.19. The van der Waals surface area contributed by atoms with E-state index in [4.69, 9.17) is 0 Å². The van der Waals surface area contributed by atoms with Crippen molar-refractivity contribution in [3.63, 3.8) is 0 Å². The highest BCUT2D eigenvalue weighted by Gasteiger charge is 2.26. The van der Waals surface area contributed by atoms with Gasteiger partial charge in [-0.05, 0) is 43.2 Å². The molecule has 0 aliphatic carbocycles. The molecule has 1 saturated heterocycles. The normalized spacial score (nSPS) is 18.0. The zero-order valence-electron chi connectivity index (χ0n) is 15.9. The maximum Gasteiger partial charge on any atom is 0.237 e. The second-order valence-electron chi connectivity index (χ2n) is 7.13. The summed E-state index contributed by atoms with van der Waals surface area (Å²) in [6.45, 7) is 8.34. The Morgan fingerprint density at radius 1 is 1.15 bits per heavy atom. The first-order valence-corrected chi connectivity index (χ1v) is 9.44. The van der Waals surface area contributed by atoms with E-state index in [9.17, 15) is 9.18 Å². The minimum Gasteiger partial charge on any atom is -0.348 e. The van der Waals surface area contributed by atoms with Crippen LogP contribution in [0.3, 0.4) is 0 Å². The second kappa shape index (κ2) is 9.06. The van der Waals surface area contributed by atoms with Crippen molar-refractivity contribution in [2.45, 2.75) is 32.5 Å². The standard InChI is InChI=1S/C21H27FN4O/c1-16(19-5-7-20(22)8-6-19)24-21(27)17(2)26-12-10-25(11-13-26)15-18-4-3-9-23-14-18/h3-9,14,16-17H,10-13,15H2,1-2H3,(H,24,27)/t16-,17+/m1/s1. The van der Waals surface area contributed by atoms with Gasteiger partial charge >= 0.3 is 0 Å². The molecule has 0 radical (unpaired) electrons. The molecule has 3 rings (SSSR count). The molecule has 1 aliphatic heterocycles. The molecule has 6 heteroatoms. The molecule has 1 fully saturated rings. The van der Waals surface area contributed by atoms with Crippen molar-refractivity contribution >= 4 is 5.91 Å². The molecular weight excluding hydrogens is 343 g/mol. The zero-order chi connectivity index (χ0) is 19.2. The lowest BCUT2D eigenvalue weighted by Gasteiger charge is -2.37. The van der Waals surface area contributed by atoms with Gasteiger partial charge in [-0.2, -0.15) is 0 Å². The van der Waals surface area contributed by atoms with Crippen LogP contribution in [0.25, 0.3) is 0 Å². The molecule has 1 aromatic carbocycles. The van der Waals surface area contributed by atoms with Gasteiger partial charge in [0.2, 0.25) is 5.91 Å². The predicted octanol–water partition coefficient (Wildman–Crippen LogP) is 2.60. The van der Waals surface area contributed by atoms with Crippen LogP contribution in [0.2, 0.25) is 0 Å². The number of hydrogen-bond donors (Lipinski definition) is 1. The van der Waals surface area contributed by atoms with E-state index in [1.54, 1.807) is 18.3 Å². The Bertz CT molecular complexity index is 730. The molecule has 0 bridgehead atoms. The summed E-state index contributed by atoms with van der Waals surface area (Å²) in [5, 5.41) is 3.04. The predicted molar refractivity (Wildman–Crippen MR) is 104 cm³/mol. The van der Waals surface area contributed by atoms with Crippen molar-refractivity contribution in [2.24, 2.45) is 0 Å². The van der Waals surface area contributed by atoms with Crippen molar-refractivity contribution in [3.8, 4) is 0 Å². The number of carbonyl (C=O) groups is 1. The van der Waals surface area contributed by atoms with Crippen molar-refractivity contribution < 1.29 is 9.18 Å². The van der Waals surface area contributed by atoms with Crippen LogP contribution in [0.15, 0.2) is 48.8 Å². The average molecular weight is 370 g/mol. The number of benzene rings is 1. The lowest BCUT2D eigenvalue weighted by atomic mass is 10.1. The summed E-state index contributed by atoms with van der Waals surface area (Å²) in [7, 11) is 0. The van der Waals surface area contributed by atoms with Gasteiger partial charge in [-0.15, -0.1) is 0 Å². The minimum atomic E-state index is -0.269. The number of halogens is 1. The number of pyridine rings is 1. The maximum atomic E-state index is 13.1. The van der Waals surface area contributed by atoms with Crippen LogP contribution in [-0.4, -0.2) is 52.9 Å². The Morgan fingerprint density at radius 2 is 1.85 bits per heavy atom. The molecule has 1 amide bonds. The van der Waals surface area contributed by atoms with Gasteiger partial charge in [-0.1, -0.05) is 18.2 Å². The molecule has 0 spiro atoms. The van der Waals surface area contributed by atoms with Crippen molar-refractivity contribution in [1.29, 1.82) is 0 Å². The molecule has 27 heavy (non-hydrogen) atoms. The highest BCUT2D eigenvalue weighted by molar-refractivity contribution is 5.81. The van der Waals surface area contributed by atoms with E-state index in [2.05, 4.69) is 26.2 Å². The fourth-order valence-corrected chi connectivity index (χ4v) is 3.39. The van der Waals surface area contributed by atoms with Gasteiger partial charge in [0.15, 0.2) is 0 Å². The number of hydrogen-bond acceptors (Lipinski definition) is 4. The van der Waals surface area contributed by atoms with Crippen LogP contribution >= 0.6 is 0 Å². The van der Waals surface area contributed by atoms with Gasteiger partial charge in [-0.25, -0.2) is 4.39 Å². The van der Waals surface area contributed by atoms with Crippen LogP contribution in [-0.2, 0) is 11.3 Å². The lowest BCUT2D eigenvalue weighted by molar-refractivity contribution is -0.127. The van der Waals surface area contributed by atoms with Crippen molar-refractivity contribution in [3.05, 3.63) is 65.7 Å². The SMILES string of the molecule is C[C@@H](NC(=O)[C@H](C)N1CCN(Cc2cccnc2)CC1)c1ccc(F)cc1. The topological polar surface area (TPSA) is 48.5 Å². The molecule has 1 aromatic heterocycles. The van der Waals surface area contributed by atoms with Crippen LogP contribution in [0.5, 0.6) is 0 Å². The largest absolute Gasteiger partial charge is 0.348 e. The molecule has 2 atom stereocenters. The van der Waals surface area contributed by atoms with Crippen LogP contribution < -0.4 is 5.32 Å². The Hall–Kier alpha value is -2.31. The monoisotopic (exact) mass is 370 g/mol. The molecule has 5 nitrogen and oxygen atoms in total. The summed E-state index contributed by atoms with van der Waals surface area (Å²) in [5.74, 6) is -0.262. The third kappa shape index (κ3) is 5.34. The molecule has 2 heterocycles. The Morgan fingerprint density at radius 3 is 2.48 bits per heavy atom. The van der Waals surface area contributed by atoms with Crippen LogP contribution in [0.1, 0.15) is 31.0 Å². The van der Waals surface area contributed by atoms with Crippen LogP contribution in [0, 0.1) is 5.82 Å². The summed E-state index contributed by atoms with van der Waals surface area (Å²) in [6.07, 6.45) is 3.69. The van der Waals surface area contributed by atoms with Gasteiger partial charge in [0.1, 0.15) is 5.82 Å². The highest BCUT2D eigenvalue weighted by atomic mass is 19.1. The van der Waals surface area contributed by atoms with Crippen molar-refractivity contribution in [1.82, 2.24) is 20.1 Å². The molecule has 1 N–H and O–H groups in total. The number of aromatic nitrogens is 1. The number of nitrogens with one attached hydrogen (secondary N) is 1. The van der Waals surface area contributed by atoms with E-state index in [1.165, 1.54) is 17.7 Å². The molecule has 2 aromatic rings. The summed E-state index contributed by atoms with van der Waals surface area (Å²) < 4.78 is 13.1. The maximum absolute atomic E-state index is 13.1. The quantitative estimate of drug-likeness (QED) is 0.849. The average Bonchev–Trinajstić information content (AvgIpc) is 2.69. The number of nitrogens with zero attached hydrogens (tertiary/aromatic N) is 3. The number of piperazine rings is 1. The molecule has 1 aliphatic rings. The second-order valence-corrected chi connectivity index (χ2v) is 7.13. The summed E-state index contributed by atoms with van der Waals surface area (Å²) in [5.41, 5.74) is 2.11. The summed E-state index contributed by atoms with van der Waals surface area (Å²) in [4.78, 5) is 21.4. The first-order valence-electron chi connectivity index (χ1n) is 9.44. The molecular formula is C21H27FN4O. The first-order chi connectivity index (χ1) is 13.0. The van der Waals surface area contributed by atoms with E-state index in [-0.39, 0.29) is 23.8 Å². The lowest BCUT2D eigenvalue weighted by Crippen LogP contribution is -2.53. The Balaban J connectivity index is 1.47.